The van der Waals surface area contributed by atoms with Crippen LogP contribution in [0.3, 0.4) is 0 Å². The lowest BCUT2D eigenvalue weighted by Gasteiger charge is -2.15. The van der Waals surface area contributed by atoms with Crippen LogP contribution < -0.4 is 14.8 Å². The van der Waals surface area contributed by atoms with E-state index >= 15 is 0 Å². The van der Waals surface area contributed by atoms with E-state index in [1.165, 1.54) is 14.2 Å². The summed E-state index contributed by atoms with van der Waals surface area (Å²) in [5, 5.41) is 21.8. The molecule has 1 saturated carbocycles. The van der Waals surface area contributed by atoms with Gasteiger partial charge in [0.05, 0.1) is 25.9 Å². The maximum Gasteiger partial charge on any atom is 0.255 e. The Kier molecular flexibility index (Phi) is 5.03. The summed E-state index contributed by atoms with van der Waals surface area (Å²) in [6.07, 6.45) is 0.436. The summed E-state index contributed by atoms with van der Waals surface area (Å²) in [4.78, 5) is 12.4. The van der Waals surface area contributed by atoms with E-state index in [0.29, 0.717) is 29.9 Å². The average molecular weight is 295 g/mol. The van der Waals surface area contributed by atoms with Gasteiger partial charge < -0.3 is 25.0 Å². The van der Waals surface area contributed by atoms with Gasteiger partial charge in [-0.15, -0.1) is 0 Å². The Hall–Kier alpha value is -1.79. The van der Waals surface area contributed by atoms with E-state index in [1.54, 1.807) is 18.2 Å². The molecule has 1 amide bonds. The number of methoxy groups -OCH3 is 2. The number of carbonyl (C=O) groups is 1. The van der Waals surface area contributed by atoms with E-state index in [4.69, 9.17) is 14.6 Å². The zero-order valence-electron chi connectivity index (χ0n) is 12.2. The van der Waals surface area contributed by atoms with Gasteiger partial charge in [-0.2, -0.15) is 0 Å². The van der Waals surface area contributed by atoms with Crippen molar-refractivity contribution in [1.82, 2.24) is 5.32 Å². The minimum absolute atomic E-state index is 0.0734. The van der Waals surface area contributed by atoms with Gasteiger partial charge >= 0.3 is 0 Å². The molecular weight excluding hydrogens is 274 g/mol. The first kappa shape index (κ1) is 15.6. The van der Waals surface area contributed by atoms with Crippen molar-refractivity contribution < 1.29 is 24.5 Å². The second kappa shape index (κ2) is 6.78. The summed E-state index contributed by atoms with van der Waals surface area (Å²) in [6.45, 7) is -0.0734. The van der Waals surface area contributed by atoms with Crippen molar-refractivity contribution in [3.8, 4) is 11.5 Å². The maximum absolute atomic E-state index is 12.4. The third-order valence-corrected chi connectivity index (χ3v) is 3.87. The molecule has 2 rings (SSSR count). The number of aliphatic hydroxyl groups is 2. The van der Waals surface area contributed by atoms with Crippen LogP contribution in [0.25, 0.3) is 0 Å². The highest BCUT2D eigenvalue weighted by Gasteiger charge is 2.33. The molecule has 116 valence electrons. The van der Waals surface area contributed by atoms with Gasteiger partial charge in [0, 0.05) is 18.6 Å². The van der Waals surface area contributed by atoms with Gasteiger partial charge in [-0.25, -0.2) is 0 Å². The van der Waals surface area contributed by atoms with E-state index in [1.807, 2.05) is 0 Å². The van der Waals surface area contributed by atoms with Gasteiger partial charge in [0.1, 0.15) is 0 Å². The molecule has 1 aromatic carbocycles. The fourth-order valence-electron chi connectivity index (χ4n) is 2.75. The molecule has 1 aliphatic rings. The van der Waals surface area contributed by atoms with E-state index < -0.39 is 6.10 Å². The predicted molar refractivity (Wildman–Crippen MR) is 76.6 cm³/mol. The van der Waals surface area contributed by atoms with Crippen LogP contribution in [0, 0.1) is 5.92 Å². The van der Waals surface area contributed by atoms with Crippen molar-refractivity contribution in [1.29, 1.82) is 0 Å². The SMILES string of the molecule is COc1cccc(C(=O)NC2CC(O)C(CO)C2)c1OC. The fraction of sp³-hybridized carbons (Fsp3) is 0.533. The van der Waals surface area contributed by atoms with Gasteiger partial charge in [0.2, 0.25) is 0 Å². The molecule has 3 atom stereocenters. The molecule has 0 spiro atoms. The number of ether oxygens (including phenoxy) is 2. The molecule has 6 heteroatoms. The molecule has 0 bridgehead atoms. The maximum atomic E-state index is 12.4. The molecule has 0 aromatic heterocycles. The first-order valence-corrected chi connectivity index (χ1v) is 6.91. The lowest BCUT2D eigenvalue weighted by molar-refractivity contribution is 0.0903. The van der Waals surface area contributed by atoms with Gasteiger partial charge in [-0.3, -0.25) is 4.79 Å². The van der Waals surface area contributed by atoms with Crippen LogP contribution in [0.4, 0.5) is 0 Å². The number of hydrogen-bond acceptors (Lipinski definition) is 5. The second-order valence-corrected chi connectivity index (χ2v) is 5.19. The standard InChI is InChI=1S/C15H21NO5/c1-20-13-5-3-4-11(14(13)21-2)15(19)16-10-6-9(8-17)12(18)7-10/h3-5,9-10,12,17-18H,6-8H2,1-2H3,(H,16,19). The van der Waals surface area contributed by atoms with Crippen molar-refractivity contribution in [3.63, 3.8) is 0 Å². The number of aliphatic hydroxyl groups excluding tert-OH is 2. The Balaban J connectivity index is 2.11. The topological polar surface area (TPSA) is 88.0 Å². The largest absolute Gasteiger partial charge is 0.493 e. The number of para-hydroxylation sites is 1. The highest BCUT2D eigenvalue weighted by molar-refractivity contribution is 5.98. The number of carbonyl (C=O) groups excluding carboxylic acids is 1. The third-order valence-electron chi connectivity index (χ3n) is 3.87. The van der Waals surface area contributed by atoms with E-state index in [-0.39, 0.29) is 24.5 Å². The lowest BCUT2D eigenvalue weighted by atomic mass is 10.1. The summed E-state index contributed by atoms with van der Waals surface area (Å²) in [5.41, 5.74) is 0.388. The number of benzene rings is 1. The molecule has 1 fully saturated rings. The Morgan fingerprint density at radius 2 is 2.10 bits per heavy atom. The number of nitrogens with one attached hydrogen (secondary N) is 1. The molecule has 3 unspecified atom stereocenters. The van der Waals surface area contributed by atoms with E-state index in [2.05, 4.69) is 5.32 Å². The smallest absolute Gasteiger partial charge is 0.255 e. The first-order chi connectivity index (χ1) is 10.1. The van der Waals surface area contributed by atoms with Crippen LogP contribution in [0.15, 0.2) is 18.2 Å². The molecule has 0 aliphatic heterocycles. The number of rotatable bonds is 5. The average Bonchev–Trinajstić information content (AvgIpc) is 2.85. The molecule has 0 radical (unpaired) electrons. The van der Waals surface area contributed by atoms with Crippen molar-refractivity contribution in [3.05, 3.63) is 23.8 Å². The Morgan fingerprint density at radius 1 is 1.33 bits per heavy atom. The van der Waals surface area contributed by atoms with Crippen molar-refractivity contribution >= 4 is 5.91 Å². The summed E-state index contributed by atoms with van der Waals surface area (Å²) < 4.78 is 10.4. The first-order valence-electron chi connectivity index (χ1n) is 6.91. The Labute approximate surface area is 123 Å². The molecular formula is C15H21NO5. The minimum atomic E-state index is -0.576. The quantitative estimate of drug-likeness (QED) is 0.739. The zero-order valence-corrected chi connectivity index (χ0v) is 12.2. The van der Waals surface area contributed by atoms with Crippen LogP contribution >= 0.6 is 0 Å². The van der Waals surface area contributed by atoms with Gasteiger partial charge in [0.15, 0.2) is 11.5 Å². The summed E-state index contributed by atoms with van der Waals surface area (Å²) in [5.74, 6) is 0.420. The predicted octanol–water partition coefficient (Wildman–Crippen LogP) is 0.565. The highest BCUT2D eigenvalue weighted by Crippen LogP contribution is 2.31. The van der Waals surface area contributed by atoms with Crippen LogP contribution in [0.2, 0.25) is 0 Å². The molecule has 1 aromatic rings. The zero-order chi connectivity index (χ0) is 15.4. The summed E-state index contributed by atoms with van der Waals surface area (Å²) in [6, 6.07) is 4.94. The fourth-order valence-corrected chi connectivity index (χ4v) is 2.75. The molecule has 3 N–H and O–H groups in total. The summed E-state index contributed by atoms with van der Waals surface area (Å²) >= 11 is 0. The van der Waals surface area contributed by atoms with Gasteiger partial charge in [-0.1, -0.05) is 6.07 Å². The number of hydrogen-bond donors (Lipinski definition) is 3. The molecule has 0 saturated heterocycles. The lowest BCUT2D eigenvalue weighted by Crippen LogP contribution is -2.33. The monoisotopic (exact) mass is 295 g/mol. The van der Waals surface area contributed by atoms with Crippen LogP contribution in [-0.2, 0) is 0 Å². The molecule has 0 heterocycles. The Bertz CT molecular complexity index is 505. The molecule has 6 nitrogen and oxygen atoms in total. The normalized spacial score (nSPS) is 24.7. The van der Waals surface area contributed by atoms with E-state index in [9.17, 15) is 9.90 Å². The van der Waals surface area contributed by atoms with Crippen LogP contribution in [0.1, 0.15) is 23.2 Å². The van der Waals surface area contributed by atoms with E-state index in [0.717, 1.165) is 0 Å². The molecule has 21 heavy (non-hydrogen) atoms. The van der Waals surface area contributed by atoms with Crippen molar-refractivity contribution in [2.75, 3.05) is 20.8 Å². The second-order valence-electron chi connectivity index (χ2n) is 5.19. The number of amides is 1. The minimum Gasteiger partial charge on any atom is -0.493 e. The third kappa shape index (κ3) is 3.28. The highest BCUT2D eigenvalue weighted by atomic mass is 16.5. The van der Waals surface area contributed by atoms with Crippen molar-refractivity contribution in [2.24, 2.45) is 5.92 Å². The van der Waals surface area contributed by atoms with Crippen molar-refractivity contribution in [2.45, 2.75) is 25.0 Å². The summed E-state index contributed by atoms with van der Waals surface area (Å²) in [7, 11) is 2.99. The molecule has 1 aliphatic carbocycles. The van der Waals surface area contributed by atoms with Gasteiger partial charge in [0.25, 0.3) is 5.91 Å². The van der Waals surface area contributed by atoms with Gasteiger partial charge in [-0.05, 0) is 25.0 Å². The van der Waals surface area contributed by atoms with Crippen LogP contribution in [-0.4, -0.2) is 49.1 Å². The van der Waals surface area contributed by atoms with Crippen LogP contribution in [0.5, 0.6) is 11.5 Å². The Morgan fingerprint density at radius 3 is 2.67 bits per heavy atom.